The smallest absolute Gasteiger partial charge is 0.274 e. The first-order chi connectivity index (χ1) is 9.52. The molecular weight excluding hydrogens is 254 g/mol. The Morgan fingerprint density at radius 3 is 2.65 bits per heavy atom. The first-order valence-electron chi connectivity index (χ1n) is 6.28. The zero-order chi connectivity index (χ0) is 14.7. The van der Waals surface area contributed by atoms with Crippen LogP contribution in [0.2, 0.25) is 0 Å². The summed E-state index contributed by atoms with van der Waals surface area (Å²) in [6.45, 7) is 1.84. The van der Waals surface area contributed by atoms with E-state index >= 15 is 0 Å². The van der Waals surface area contributed by atoms with E-state index in [2.05, 4.69) is 4.98 Å². The van der Waals surface area contributed by atoms with Crippen molar-refractivity contribution >= 4 is 11.6 Å². The summed E-state index contributed by atoms with van der Waals surface area (Å²) in [6.07, 6.45) is 1.53. The minimum atomic E-state index is -0.287. The number of pyridine rings is 1. The van der Waals surface area contributed by atoms with Crippen LogP contribution in [-0.2, 0) is 0 Å². The monoisotopic (exact) mass is 271 g/mol. The van der Waals surface area contributed by atoms with Gasteiger partial charge in [-0.2, -0.15) is 0 Å². The second kappa shape index (κ2) is 5.61. The molecule has 20 heavy (non-hydrogen) atoms. The van der Waals surface area contributed by atoms with Crippen molar-refractivity contribution in [3.63, 3.8) is 0 Å². The molecule has 0 radical (unpaired) electrons. The molecule has 1 atom stereocenters. The molecule has 0 saturated carbocycles. The number of nitrogen functional groups attached to an aromatic ring is 1. The maximum absolute atomic E-state index is 12.4. The van der Waals surface area contributed by atoms with Crippen LogP contribution in [0.3, 0.4) is 0 Å². The molecule has 1 aromatic carbocycles. The zero-order valence-electron chi connectivity index (χ0n) is 11.4. The number of phenolic OH excluding ortho intramolecular Hbond substituents is 1. The van der Waals surface area contributed by atoms with Crippen molar-refractivity contribution < 1.29 is 9.90 Å². The fourth-order valence-corrected chi connectivity index (χ4v) is 1.99. The minimum Gasteiger partial charge on any atom is -0.508 e. The van der Waals surface area contributed by atoms with Crippen molar-refractivity contribution in [2.75, 3.05) is 12.8 Å². The van der Waals surface area contributed by atoms with Gasteiger partial charge in [0.15, 0.2) is 5.69 Å². The highest BCUT2D eigenvalue weighted by Crippen LogP contribution is 2.28. The van der Waals surface area contributed by atoms with Crippen molar-refractivity contribution in [1.29, 1.82) is 0 Å². The van der Waals surface area contributed by atoms with Crippen molar-refractivity contribution in [2.45, 2.75) is 13.0 Å². The zero-order valence-corrected chi connectivity index (χ0v) is 11.4. The van der Waals surface area contributed by atoms with Crippen molar-refractivity contribution in [1.82, 2.24) is 9.88 Å². The molecule has 0 saturated heterocycles. The van der Waals surface area contributed by atoms with Crippen LogP contribution in [0.1, 0.15) is 29.0 Å². The maximum atomic E-state index is 12.4. The molecule has 1 amide bonds. The predicted molar refractivity (Wildman–Crippen MR) is 77.3 cm³/mol. The lowest BCUT2D eigenvalue weighted by Gasteiger charge is -2.25. The number of hydrogen-bond acceptors (Lipinski definition) is 4. The van der Waals surface area contributed by atoms with E-state index in [1.54, 1.807) is 37.4 Å². The fraction of sp³-hybridized carbons (Fsp3) is 0.200. The van der Waals surface area contributed by atoms with Gasteiger partial charge in [-0.25, -0.2) is 4.98 Å². The molecule has 0 fully saturated rings. The minimum absolute atomic E-state index is 0.161. The number of amides is 1. The summed E-state index contributed by atoms with van der Waals surface area (Å²) in [5, 5.41) is 9.86. The Hall–Kier alpha value is -2.56. The fourth-order valence-electron chi connectivity index (χ4n) is 1.99. The Balaban J connectivity index is 2.28. The standard InChI is InChI=1S/C15H17N3O2/c1-10(11-6-3-4-8-13(11)19)18(2)15(20)14-12(16)7-5-9-17-14/h3-10,19H,16H2,1-2H3. The van der Waals surface area contributed by atoms with Gasteiger partial charge in [-0.3, -0.25) is 4.79 Å². The highest BCUT2D eigenvalue weighted by molar-refractivity contribution is 5.97. The number of hydrogen-bond donors (Lipinski definition) is 2. The van der Waals surface area contributed by atoms with Gasteiger partial charge in [-0.05, 0) is 25.1 Å². The Bertz CT molecular complexity index is 628. The molecular formula is C15H17N3O2. The molecule has 1 unspecified atom stereocenters. The Morgan fingerprint density at radius 2 is 2.00 bits per heavy atom. The van der Waals surface area contributed by atoms with Gasteiger partial charge in [-0.15, -0.1) is 0 Å². The average Bonchev–Trinajstić information content (AvgIpc) is 2.46. The first kappa shape index (κ1) is 13.9. The number of para-hydroxylation sites is 1. The summed E-state index contributed by atoms with van der Waals surface area (Å²) in [6, 6.07) is 9.97. The van der Waals surface area contributed by atoms with Gasteiger partial charge in [0.25, 0.3) is 5.91 Å². The van der Waals surface area contributed by atoms with E-state index in [0.717, 1.165) is 0 Å². The molecule has 3 N–H and O–H groups in total. The molecule has 1 heterocycles. The van der Waals surface area contributed by atoms with Crippen molar-refractivity contribution in [3.8, 4) is 5.75 Å². The van der Waals surface area contributed by atoms with E-state index in [9.17, 15) is 9.90 Å². The van der Waals surface area contributed by atoms with E-state index in [1.165, 1.54) is 11.1 Å². The highest BCUT2D eigenvalue weighted by Gasteiger charge is 2.23. The number of anilines is 1. The van der Waals surface area contributed by atoms with Crippen molar-refractivity contribution in [2.24, 2.45) is 0 Å². The van der Waals surface area contributed by atoms with Gasteiger partial charge < -0.3 is 15.7 Å². The van der Waals surface area contributed by atoms with Gasteiger partial charge >= 0.3 is 0 Å². The third kappa shape index (κ3) is 2.56. The quantitative estimate of drug-likeness (QED) is 0.897. The van der Waals surface area contributed by atoms with E-state index in [1.807, 2.05) is 13.0 Å². The molecule has 0 bridgehead atoms. The van der Waals surface area contributed by atoms with E-state index in [0.29, 0.717) is 11.3 Å². The van der Waals surface area contributed by atoms with Crippen LogP contribution in [0.25, 0.3) is 0 Å². The molecule has 0 aliphatic heterocycles. The van der Waals surface area contributed by atoms with Crippen LogP contribution < -0.4 is 5.73 Å². The predicted octanol–water partition coefficient (Wildman–Crippen LogP) is 2.20. The van der Waals surface area contributed by atoms with Crippen LogP contribution in [0, 0.1) is 0 Å². The SMILES string of the molecule is CC(c1ccccc1O)N(C)C(=O)c1ncccc1N. The second-order valence-corrected chi connectivity index (χ2v) is 4.59. The number of carbonyl (C=O) groups excluding carboxylic acids is 1. The summed E-state index contributed by atoms with van der Waals surface area (Å²) in [5.74, 6) is -0.118. The average molecular weight is 271 g/mol. The Kier molecular flexibility index (Phi) is 3.89. The number of carbonyl (C=O) groups is 1. The Morgan fingerprint density at radius 1 is 1.30 bits per heavy atom. The highest BCUT2D eigenvalue weighted by atomic mass is 16.3. The normalized spacial score (nSPS) is 11.9. The van der Waals surface area contributed by atoms with Gasteiger partial charge in [0.05, 0.1) is 11.7 Å². The number of phenols is 1. The van der Waals surface area contributed by atoms with Gasteiger partial charge in [-0.1, -0.05) is 18.2 Å². The summed E-state index contributed by atoms with van der Waals surface area (Å²) in [7, 11) is 1.66. The molecule has 0 aliphatic rings. The van der Waals surface area contributed by atoms with Crippen molar-refractivity contribution in [3.05, 3.63) is 53.9 Å². The molecule has 0 spiro atoms. The number of nitrogens with zero attached hydrogens (tertiary/aromatic N) is 2. The largest absolute Gasteiger partial charge is 0.508 e. The summed E-state index contributed by atoms with van der Waals surface area (Å²) >= 11 is 0. The van der Waals surface area contributed by atoms with E-state index in [-0.39, 0.29) is 23.4 Å². The van der Waals surface area contributed by atoms with Gasteiger partial charge in [0.2, 0.25) is 0 Å². The third-order valence-electron chi connectivity index (χ3n) is 3.33. The number of benzene rings is 1. The van der Waals surface area contributed by atoms with Gasteiger partial charge in [0.1, 0.15) is 5.75 Å². The van der Waals surface area contributed by atoms with Crippen LogP contribution in [0.15, 0.2) is 42.6 Å². The molecule has 5 heteroatoms. The van der Waals surface area contributed by atoms with E-state index in [4.69, 9.17) is 5.73 Å². The summed E-state index contributed by atoms with van der Waals surface area (Å²) in [4.78, 5) is 17.9. The maximum Gasteiger partial charge on any atom is 0.274 e. The number of nitrogens with two attached hydrogens (primary N) is 1. The Labute approximate surface area is 117 Å². The van der Waals surface area contributed by atoms with Crippen LogP contribution in [0.4, 0.5) is 5.69 Å². The number of rotatable bonds is 3. The summed E-state index contributed by atoms with van der Waals surface area (Å²) < 4.78 is 0. The molecule has 2 aromatic rings. The topological polar surface area (TPSA) is 79.5 Å². The molecule has 2 rings (SSSR count). The number of aromatic nitrogens is 1. The van der Waals surface area contributed by atoms with Crippen LogP contribution in [0.5, 0.6) is 5.75 Å². The summed E-state index contributed by atoms with van der Waals surface area (Å²) in [5.41, 5.74) is 7.01. The van der Waals surface area contributed by atoms with Gasteiger partial charge in [0, 0.05) is 18.8 Å². The molecule has 104 valence electrons. The van der Waals surface area contributed by atoms with Crippen LogP contribution >= 0.6 is 0 Å². The lowest BCUT2D eigenvalue weighted by molar-refractivity contribution is 0.0736. The molecule has 1 aromatic heterocycles. The lowest BCUT2D eigenvalue weighted by Crippen LogP contribution is -2.31. The van der Waals surface area contributed by atoms with E-state index < -0.39 is 0 Å². The third-order valence-corrected chi connectivity index (χ3v) is 3.33. The molecule has 0 aliphatic carbocycles. The first-order valence-corrected chi connectivity index (χ1v) is 6.28. The molecule has 5 nitrogen and oxygen atoms in total. The van der Waals surface area contributed by atoms with Crippen LogP contribution in [-0.4, -0.2) is 27.9 Å². The lowest BCUT2D eigenvalue weighted by atomic mass is 10.1. The number of aromatic hydroxyl groups is 1. The second-order valence-electron chi connectivity index (χ2n) is 4.59.